The van der Waals surface area contributed by atoms with Crippen LogP contribution in [0.15, 0.2) is 89.1 Å². The summed E-state index contributed by atoms with van der Waals surface area (Å²) in [5.41, 5.74) is 38.8. The number of ether oxygens (including phenoxy) is 1. The quantitative estimate of drug-likeness (QED) is 0.182. The fraction of sp³-hybridized carbons (Fsp3) is 0.474. The number of rotatable bonds is 9. The molecule has 0 unspecified atom stereocenters. The van der Waals surface area contributed by atoms with Crippen molar-refractivity contribution in [2.24, 2.45) is 45.3 Å². The van der Waals surface area contributed by atoms with Crippen LogP contribution in [-0.2, 0) is 24.2 Å². The number of fused-ring (bicyclic) bond motifs is 1. The van der Waals surface area contributed by atoms with Crippen molar-refractivity contribution in [2.75, 3.05) is 59.0 Å². The van der Waals surface area contributed by atoms with Crippen molar-refractivity contribution in [3.63, 3.8) is 0 Å². The van der Waals surface area contributed by atoms with Gasteiger partial charge in [-0.3, -0.25) is 14.9 Å². The molecular formula is C38H63N9OSTh. The van der Waals surface area contributed by atoms with Gasteiger partial charge in [-0.05, 0) is 96.2 Å². The van der Waals surface area contributed by atoms with E-state index in [1.54, 1.807) is 23.7 Å². The van der Waals surface area contributed by atoms with Crippen LogP contribution >= 0.6 is 11.3 Å². The molecule has 0 radical (unpaired) electrons. The third kappa shape index (κ3) is 23.7. The smallest absolute Gasteiger partial charge is 0.0594 e. The van der Waals surface area contributed by atoms with Crippen LogP contribution < -0.4 is 34.4 Å². The van der Waals surface area contributed by atoms with Crippen LogP contribution in [0, 0.1) is 45.9 Å². The van der Waals surface area contributed by atoms with Gasteiger partial charge in [-0.15, -0.1) is 11.3 Å². The molecule has 10 nitrogen and oxygen atoms in total. The standard InChI is InChI=1S/C11H13N.C6H14N2O.C6H8N2.C6H10N2.C5H7NS.C4H11N.Th/c12-8-7-10-6-5-9-3-1-2-4-11(9)10;7-1-2-8-3-5-9-6-4-8;7-5-6-1-3-8-4-2-6;7-3-1-6-2-4-8-5-6;6-4-5-2-1-3-7-5;1-4(2)3-5;/h1-4,6H,5,7-8,12H2;1-7H2;1-4H,5,7H2;4-5H,1-3,7H2;1-3H,4,6H2;4H,3,5H2,1-2H3;. The molecule has 0 atom stereocenters. The van der Waals surface area contributed by atoms with Crippen LogP contribution in [0.5, 0.6) is 0 Å². The molecule has 1 aliphatic carbocycles. The van der Waals surface area contributed by atoms with E-state index in [-0.39, 0.29) is 39.9 Å². The summed E-state index contributed by atoms with van der Waals surface area (Å²) in [6.07, 6.45) is 13.7. The second kappa shape index (κ2) is 33.1. The number of nitrogens with two attached hydrogens (primary N) is 6. The van der Waals surface area contributed by atoms with Crippen molar-refractivity contribution in [2.45, 2.75) is 52.6 Å². The van der Waals surface area contributed by atoms with Gasteiger partial charge in [0.05, 0.1) is 13.2 Å². The van der Waals surface area contributed by atoms with E-state index >= 15 is 0 Å². The number of hydrogen-bond acceptors (Lipinski definition) is 11. The molecule has 276 valence electrons. The zero-order valence-electron chi connectivity index (χ0n) is 30.4. The van der Waals surface area contributed by atoms with Crippen molar-refractivity contribution < 1.29 is 44.7 Å². The first-order valence-corrected chi connectivity index (χ1v) is 18.2. The monoisotopic (exact) mass is 926 g/mol. The summed E-state index contributed by atoms with van der Waals surface area (Å²) in [4.78, 5) is 11.4. The van der Waals surface area contributed by atoms with Gasteiger partial charge >= 0.3 is 0 Å². The zero-order valence-corrected chi connectivity index (χ0v) is 35.3. The molecule has 4 heterocycles. The Morgan fingerprint density at radius 1 is 0.820 bits per heavy atom. The van der Waals surface area contributed by atoms with Gasteiger partial charge in [-0.1, -0.05) is 50.3 Å². The van der Waals surface area contributed by atoms with Gasteiger partial charge in [0.2, 0.25) is 0 Å². The largest absolute Gasteiger partial charge is 0.379 e. The normalized spacial score (nSPS) is 13.9. The fourth-order valence-corrected chi connectivity index (χ4v) is 5.02. The van der Waals surface area contributed by atoms with E-state index < -0.39 is 0 Å². The average Bonchev–Trinajstić information content (AvgIpc) is 3.95. The van der Waals surface area contributed by atoms with Crippen molar-refractivity contribution >= 4 is 23.1 Å². The van der Waals surface area contributed by atoms with Crippen molar-refractivity contribution in [3.8, 4) is 0 Å². The Bertz CT molecular complexity index is 1280. The maximum Gasteiger partial charge on any atom is 0.0594 e. The number of nitrogens with zero attached hydrogens (tertiary/aromatic N) is 3. The summed E-state index contributed by atoms with van der Waals surface area (Å²) in [6, 6.07) is 16.4. The summed E-state index contributed by atoms with van der Waals surface area (Å²) in [7, 11) is 0. The second-order valence-electron chi connectivity index (χ2n) is 11.7. The van der Waals surface area contributed by atoms with Crippen LogP contribution in [0.1, 0.15) is 54.7 Å². The van der Waals surface area contributed by atoms with E-state index in [1.807, 2.05) is 42.1 Å². The van der Waals surface area contributed by atoms with Gasteiger partial charge in [0.25, 0.3) is 0 Å². The van der Waals surface area contributed by atoms with Gasteiger partial charge in [0.15, 0.2) is 0 Å². The number of pyridine rings is 1. The molecule has 1 aromatic carbocycles. The molecule has 2 aromatic heterocycles. The Morgan fingerprint density at radius 2 is 1.50 bits per heavy atom. The number of aromatic nitrogens is 1. The molecule has 0 saturated carbocycles. The molecule has 2 aliphatic heterocycles. The molecule has 3 aromatic rings. The third-order valence-electron chi connectivity index (χ3n) is 7.31. The molecular weight excluding hydrogens is 863 g/mol. The fourth-order valence-electron chi connectivity index (χ4n) is 4.43. The summed E-state index contributed by atoms with van der Waals surface area (Å²) in [6.45, 7) is 13.4. The third-order valence-corrected chi connectivity index (χ3v) is 8.21. The summed E-state index contributed by atoms with van der Waals surface area (Å²) >= 11 is 1.70. The minimum absolute atomic E-state index is 0. The average molecular weight is 926 g/mol. The molecule has 0 spiro atoms. The van der Waals surface area contributed by atoms with Crippen LogP contribution in [0.25, 0.3) is 5.57 Å². The van der Waals surface area contributed by atoms with Gasteiger partial charge in [0.1, 0.15) is 0 Å². The van der Waals surface area contributed by atoms with E-state index in [4.69, 9.17) is 39.1 Å². The van der Waals surface area contributed by atoms with Crippen molar-refractivity contribution in [1.29, 1.82) is 0 Å². The molecule has 3 aliphatic rings. The van der Waals surface area contributed by atoms with Crippen LogP contribution in [0.2, 0.25) is 0 Å². The number of aliphatic imine (C=N–C) groups is 1. The first-order chi connectivity index (χ1) is 23.9. The maximum atomic E-state index is 5.52. The van der Waals surface area contributed by atoms with Gasteiger partial charge in [-0.2, -0.15) is 0 Å². The number of benzene rings is 1. The summed E-state index contributed by atoms with van der Waals surface area (Å²) in [5.74, 6) is 0.662. The van der Waals surface area contributed by atoms with E-state index in [1.165, 1.54) is 27.2 Å². The Labute approximate surface area is 337 Å². The molecule has 50 heavy (non-hydrogen) atoms. The number of morpholine rings is 1. The molecule has 0 amide bonds. The van der Waals surface area contributed by atoms with Crippen LogP contribution in [0.3, 0.4) is 0 Å². The molecule has 1 fully saturated rings. The predicted octanol–water partition coefficient (Wildman–Crippen LogP) is 4.29. The predicted molar refractivity (Wildman–Crippen MR) is 211 cm³/mol. The van der Waals surface area contributed by atoms with E-state index in [2.05, 4.69) is 59.1 Å². The second-order valence-corrected chi connectivity index (χ2v) is 12.7. The maximum absolute atomic E-state index is 5.52. The molecule has 12 N–H and O–H groups in total. The van der Waals surface area contributed by atoms with Crippen molar-refractivity contribution in [3.05, 3.63) is 106 Å². The first kappa shape index (κ1) is 48.2. The Morgan fingerprint density at radius 3 is 1.98 bits per heavy atom. The molecule has 12 heteroatoms. The van der Waals surface area contributed by atoms with E-state index in [0.717, 1.165) is 90.3 Å². The van der Waals surface area contributed by atoms with E-state index in [0.29, 0.717) is 19.0 Å². The van der Waals surface area contributed by atoms with E-state index in [9.17, 15) is 0 Å². The van der Waals surface area contributed by atoms with Crippen molar-refractivity contribution in [1.82, 2.24) is 9.88 Å². The van der Waals surface area contributed by atoms with Gasteiger partial charge in [-0.25, -0.2) is 0 Å². The van der Waals surface area contributed by atoms with Gasteiger partial charge in [0, 0.05) is 115 Å². The Hall–Kier alpha value is -1.78. The minimum atomic E-state index is 0. The number of allylic oxidation sites excluding steroid dienone is 1. The summed E-state index contributed by atoms with van der Waals surface area (Å²) < 4.78 is 5.16. The first-order valence-electron chi connectivity index (χ1n) is 17.3. The number of thiophene rings is 1. The van der Waals surface area contributed by atoms with Crippen LogP contribution in [-0.4, -0.2) is 75.1 Å². The Balaban J connectivity index is 0.000000585. The zero-order chi connectivity index (χ0) is 36.0. The number of hydrogen-bond donors (Lipinski definition) is 6. The Kier molecular flexibility index (Phi) is 31.9. The van der Waals surface area contributed by atoms with Gasteiger partial charge < -0.3 is 39.1 Å². The minimum Gasteiger partial charge on any atom is -0.379 e. The summed E-state index contributed by atoms with van der Waals surface area (Å²) in [5, 5.41) is 2.03. The van der Waals surface area contributed by atoms with Crippen LogP contribution in [0.4, 0.5) is 0 Å². The SMILES string of the molecule is CC(C)CN.NCCC1=CCc2ccccc21.NCCC1=CN=CC1.NCCN1CCOCC1.NCc1cccs1.NCc1ccncc1.[Th]. The molecule has 0 bridgehead atoms. The molecule has 1 saturated heterocycles. The topological polar surface area (TPSA) is 194 Å². The molecule has 6 rings (SSSR count).